The van der Waals surface area contributed by atoms with E-state index in [4.69, 9.17) is 10.6 Å². The van der Waals surface area contributed by atoms with Gasteiger partial charge in [0.1, 0.15) is 0 Å². The summed E-state index contributed by atoms with van der Waals surface area (Å²) in [5.74, 6) is 6.49. The number of hydrazine groups is 1. The van der Waals surface area contributed by atoms with E-state index in [0.29, 0.717) is 5.92 Å². The molecule has 3 atom stereocenters. The van der Waals surface area contributed by atoms with Crippen LogP contribution in [0.15, 0.2) is 11.7 Å². The summed E-state index contributed by atoms with van der Waals surface area (Å²) in [6.07, 6.45) is 7.49. The Morgan fingerprint density at radius 1 is 1.72 bits per heavy atom. The summed E-state index contributed by atoms with van der Waals surface area (Å²) in [6.45, 7) is 2.30. The number of ether oxygens (including phenoxy) is 1. The minimum absolute atomic E-state index is 0.129. The number of nitrogens with zero attached hydrogens (tertiary/aromatic N) is 1. The van der Waals surface area contributed by atoms with Gasteiger partial charge >= 0.3 is 0 Å². The van der Waals surface area contributed by atoms with Crippen molar-refractivity contribution in [1.82, 2.24) is 10.4 Å². The van der Waals surface area contributed by atoms with E-state index in [0.717, 1.165) is 19.3 Å². The molecule has 5 heteroatoms. The number of nitrogens with one attached hydrogen (secondary N) is 1. The molecule has 2 rings (SSSR count). The molecule has 3 N–H and O–H groups in total. The van der Waals surface area contributed by atoms with Crippen molar-refractivity contribution >= 4 is 11.3 Å². The van der Waals surface area contributed by atoms with Crippen molar-refractivity contribution in [2.45, 2.75) is 50.7 Å². The van der Waals surface area contributed by atoms with Gasteiger partial charge in [-0.3, -0.25) is 16.3 Å². The summed E-state index contributed by atoms with van der Waals surface area (Å²) in [5, 5.41) is 0. The minimum atomic E-state index is -0.129. The number of rotatable bonds is 5. The fourth-order valence-electron chi connectivity index (χ4n) is 3.13. The minimum Gasteiger partial charge on any atom is -0.377 e. The zero-order valence-electron chi connectivity index (χ0n) is 11.2. The van der Waals surface area contributed by atoms with Crippen LogP contribution in [0.3, 0.4) is 0 Å². The number of nitrogens with two attached hydrogens (primary N) is 1. The van der Waals surface area contributed by atoms with Crippen LogP contribution in [-0.4, -0.2) is 23.7 Å². The van der Waals surface area contributed by atoms with E-state index in [1.165, 1.54) is 17.7 Å². The highest BCUT2D eigenvalue weighted by atomic mass is 32.1. The second kappa shape index (κ2) is 6.10. The van der Waals surface area contributed by atoms with Crippen LogP contribution in [0.25, 0.3) is 0 Å². The van der Waals surface area contributed by atoms with Crippen molar-refractivity contribution in [3.05, 3.63) is 16.6 Å². The average Bonchev–Trinajstić information content (AvgIpc) is 2.88. The van der Waals surface area contributed by atoms with Crippen LogP contribution in [0.1, 0.15) is 37.5 Å². The first-order chi connectivity index (χ1) is 8.70. The van der Waals surface area contributed by atoms with Crippen molar-refractivity contribution in [2.75, 3.05) is 7.11 Å². The lowest BCUT2D eigenvalue weighted by Gasteiger charge is -2.44. The lowest BCUT2D eigenvalue weighted by atomic mass is 9.74. The van der Waals surface area contributed by atoms with E-state index in [9.17, 15) is 0 Å². The zero-order chi connectivity index (χ0) is 13.0. The van der Waals surface area contributed by atoms with Gasteiger partial charge in [0, 0.05) is 24.6 Å². The van der Waals surface area contributed by atoms with Crippen LogP contribution in [0.4, 0.5) is 0 Å². The van der Waals surface area contributed by atoms with Gasteiger partial charge in [-0.25, -0.2) is 0 Å². The Hall–Kier alpha value is -0.490. The maximum absolute atomic E-state index is 5.89. The Balaban J connectivity index is 2.12. The third-order valence-electron chi connectivity index (χ3n) is 4.12. The summed E-state index contributed by atoms with van der Waals surface area (Å²) in [4.78, 5) is 5.38. The van der Waals surface area contributed by atoms with Gasteiger partial charge < -0.3 is 4.74 Å². The normalized spacial score (nSPS) is 30.3. The van der Waals surface area contributed by atoms with E-state index in [1.807, 2.05) is 18.8 Å². The molecule has 1 saturated carbocycles. The first-order valence-electron chi connectivity index (χ1n) is 6.59. The van der Waals surface area contributed by atoms with Crippen molar-refractivity contribution < 1.29 is 4.74 Å². The topological polar surface area (TPSA) is 60.2 Å². The van der Waals surface area contributed by atoms with E-state index in [2.05, 4.69) is 17.3 Å². The van der Waals surface area contributed by atoms with Gasteiger partial charge in [0.15, 0.2) is 0 Å². The molecule has 0 radical (unpaired) electrons. The molecular weight excluding hydrogens is 246 g/mol. The van der Waals surface area contributed by atoms with E-state index in [-0.39, 0.29) is 11.6 Å². The molecule has 1 aliphatic rings. The molecule has 0 saturated heterocycles. The standard InChI is InChI=1S/C13H23N3OS/c1-10-4-3-5-13(7-10,17-2)12(16-14)6-11-8-15-9-18-11/h8-10,12,16H,3-7,14H2,1-2H3. The van der Waals surface area contributed by atoms with Crippen molar-refractivity contribution in [1.29, 1.82) is 0 Å². The molecule has 1 fully saturated rings. The van der Waals surface area contributed by atoms with Gasteiger partial charge in [-0.2, -0.15) is 0 Å². The summed E-state index contributed by atoms with van der Waals surface area (Å²) in [7, 11) is 1.81. The van der Waals surface area contributed by atoms with Gasteiger partial charge in [0.05, 0.1) is 17.2 Å². The SMILES string of the molecule is COC1(C(Cc2cncs2)NN)CCCC(C)C1. The monoisotopic (exact) mass is 269 g/mol. The van der Waals surface area contributed by atoms with Crippen LogP contribution in [0, 0.1) is 5.92 Å². The Bertz CT molecular complexity index is 357. The average molecular weight is 269 g/mol. The van der Waals surface area contributed by atoms with Gasteiger partial charge in [-0.15, -0.1) is 11.3 Å². The Labute approximate surface area is 113 Å². The lowest BCUT2D eigenvalue weighted by molar-refractivity contribution is -0.0789. The third kappa shape index (κ3) is 2.91. The largest absolute Gasteiger partial charge is 0.377 e. The highest BCUT2D eigenvalue weighted by Gasteiger charge is 2.41. The van der Waals surface area contributed by atoms with Gasteiger partial charge in [0.25, 0.3) is 0 Å². The number of methoxy groups -OCH3 is 1. The Morgan fingerprint density at radius 3 is 3.11 bits per heavy atom. The first-order valence-corrected chi connectivity index (χ1v) is 7.47. The fourth-order valence-corrected chi connectivity index (χ4v) is 3.77. The van der Waals surface area contributed by atoms with Crippen LogP contribution < -0.4 is 11.3 Å². The number of hydrogen-bond acceptors (Lipinski definition) is 5. The summed E-state index contributed by atoms with van der Waals surface area (Å²) in [6, 6.07) is 0.158. The fraction of sp³-hybridized carbons (Fsp3) is 0.769. The van der Waals surface area contributed by atoms with Crippen LogP contribution in [0.2, 0.25) is 0 Å². The van der Waals surface area contributed by atoms with Crippen LogP contribution in [0.5, 0.6) is 0 Å². The van der Waals surface area contributed by atoms with Gasteiger partial charge in [-0.1, -0.05) is 19.8 Å². The van der Waals surface area contributed by atoms with E-state index >= 15 is 0 Å². The smallest absolute Gasteiger partial charge is 0.0850 e. The summed E-state index contributed by atoms with van der Waals surface area (Å²) >= 11 is 1.68. The van der Waals surface area contributed by atoms with Crippen LogP contribution >= 0.6 is 11.3 Å². The molecule has 0 amide bonds. The highest BCUT2D eigenvalue weighted by Crippen LogP contribution is 2.38. The number of hydrogen-bond donors (Lipinski definition) is 2. The number of thiazole rings is 1. The molecule has 0 aliphatic heterocycles. The van der Waals surface area contributed by atoms with Crippen molar-refractivity contribution in [2.24, 2.45) is 11.8 Å². The Kier molecular flexibility index (Phi) is 4.72. The Morgan fingerprint density at radius 2 is 2.56 bits per heavy atom. The molecular formula is C13H23N3OS. The summed E-state index contributed by atoms with van der Waals surface area (Å²) < 4.78 is 5.89. The van der Waals surface area contributed by atoms with E-state index < -0.39 is 0 Å². The molecule has 0 spiro atoms. The predicted molar refractivity (Wildman–Crippen MR) is 74.3 cm³/mol. The lowest BCUT2D eigenvalue weighted by Crippen LogP contribution is -2.57. The molecule has 4 nitrogen and oxygen atoms in total. The molecule has 1 heterocycles. The predicted octanol–water partition coefficient (Wildman–Crippen LogP) is 2.11. The molecule has 102 valence electrons. The first kappa shape index (κ1) is 13.9. The molecule has 1 aromatic heterocycles. The van der Waals surface area contributed by atoms with Crippen molar-refractivity contribution in [3.8, 4) is 0 Å². The maximum Gasteiger partial charge on any atom is 0.0850 e. The second-order valence-corrected chi connectivity index (χ2v) is 6.33. The molecule has 0 aromatic carbocycles. The van der Waals surface area contributed by atoms with Gasteiger partial charge in [0.2, 0.25) is 0 Å². The molecule has 1 aliphatic carbocycles. The third-order valence-corrected chi connectivity index (χ3v) is 4.92. The second-order valence-electron chi connectivity index (χ2n) is 5.36. The van der Waals surface area contributed by atoms with Crippen LogP contribution in [-0.2, 0) is 11.2 Å². The molecule has 0 bridgehead atoms. The number of aromatic nitrogens is 1. The molecule has 1 aromatic rings. The molecule has 18 heavy (non-hydrogen) atoms. The zero-order valence-corrected chi connectivity index (χ0v) is 12.0. The van der Waals surface area contributed by atoms with Crippen molar-refractivity contribution in [3.63, 3.8) is 0 Å². The van der Waals surface area contributed by atoms with Gasteiger partial charge in [-0.05, 0) is 18.8 Å². The summed E-state index contributed by atoms with van der Waals surface area (Å²) in [5.41, 5.74) is 4.71. The molecule has 3 unspecified atom stereocenters. The maximum atomic E-state index is 5.89. The van der Waals surface area contributed by atoms with E-state index in [1.54, 1.807) is 11.3 Å². The quantitative estimate of drug-likeness (QED) is 0.635. The highest BCUT2D eigenvalue weighted by molar-refractivity contribution is 7.09.